The summed E-state index contributed by atoms with van der Waals surface area (Å²) in [6.45, 7) is 1.87. The van der Waals surface area contributed by atoms with Crippen molar-refractivity contribution in [1.82, 2.24) is 20.3 Å². The van der Waals surface area contributed by atoms with Crippen LogP contribution in [0.15, 0.2) is 66.7 Å². The van der Waals surface area contributed by atoms with Crippen LogP contribution in [0, 0.1) is 0 Å². The number of rotatable bonds is 8. The van der Waals surface area contributed by atoms with E-state index in [9.17, 15) is 9.59 Å². The zero-order valence-electron chi connectivity index (χ0n) is 23.2. The average molecular weight is 556 g/mol. The normalized spacial score (nSPS) is 16.2. The number of anilines is 1. The number of para-hydroxylation sites is 1. The fourth-order valence-electron chi connectivity index (χ4n) is 5.65. The molecule has 3 aromatic carbocycles. The van der Waals surface area contributed by atoms with E-state index in [4.69, 9.17) is 14.2 Å². The van der Waals surface area contributed by atoms with Crippen molar-refractivity contribution in [1.29, 1.82) is 0 Å². The Labute approximate surface area is 238 Å². The third-order valence-electron chi connectivity index (χ3n) is 7.86. The molecule has 1 N–H and O–H groups in total. The molecule has 41 heavy (non-hydrogen) atoms. The van der Waals surface area contributed by atoms with Crippen LogP contribution in [0.4, 0.5) is 5.69 Å². The van der Waals surface area contributed by atoms with Gasteiger partial charge in [-0.2, -0.15) is 0 Å². The summed E-state index contributed by atoms with van der Waals surface area (Å²) in [7, 11) is 1.59. The number of hydrogen-bond donors (Lipinski definition) is 1. The fourth-order valence-corrected chi connectivity index (χ4v) is 5.65. The topological polar surface area (TPSA) is 108 Å². The molecule has 212 valence electrons. The molecule has 2 amide bonds. The van der Waals surface area contributed by atoms with Crippen LogP contribution in [-0.2, 0) is 9.59 Å². The first-order chi connectivity index (χ1) is 20.0. The lowest BCUT2D eigenvalue weighted by atomic mass is 9.94. The van der Waals surface area contributed by atoms with E-state index in [1.54, 1.807) is 53.9 Å². The van der Waals surface area contributed by atoms with Crippen molar-refractivity contribution >= 4 is 28.5 Å². The maximum absolute atomic E-state index is 14.6. The molecule has 10 nitrogen and oxygen atoms in total. The molecular formula is C31H33N5O5. The van der Waals surface area contributed by atoms with Crippen molar-refractivity contribution in [2.45, 2.75) is 57.2 Å². The lowest BCUT2D eigenvalue weighted by Crippen LogP contribution is -2.48. The van der Waals surface area contributed by atoms with Gasteiger partial charge in [0, 0.05) is 17.8 Å². The third-order valence-corrected chi connectivity index (χ3v) is 7.86. The minimum atomic E-state index is -0.965. The Morgan fingerprint density at radius 3 is 2.54 bits per heavy atom. The quantitative estimate of drug-likeness (QED) is 0.328. The summed E-state index contributed by atoms with van der Waals surface area (Å²) >= 11 is 0. The Morgan fingerprint density at radius 2 is 1.76 bits per heavy atom. The van der Waals surface area contributed by atoms with E-state index in [0.29, 0.717) is 34.0 Å². The molecular weight excluding hydrogens is 522 g/mol. The Morgan fingerprint density at radius 1 is 1.00 bits per heavy atom. The smallest absolute Gasteiger partial charge is 0.252 e. The number of aromatic nitrogens is 3. The second-order valence-corrected chi connectivity index (χ2v) is 10.5. The highest BCUT2D eigenvalue weighted by atomic mass is 16.7. The first-order valence-electron chi connectivity index (χ1n) is 14.0. The van der Waals surface area contributed by atoms with Gasteiger partial charge in [0.15, 0.2) is 11.5 Å². The fraction of sp³-hybridized carbons (Fsp3) is 0.355. The van der Waals surface area contributed by atoms with E-state index >= 15 is 0 Å². The summed E-state index contributed by atoms with van der Waals surface area (Å²) in [4.78, 5) is 30.3. The van der Waals surface area contributed by atoms with Crippen LogP contribution in [0.2, 0.25) is 0 Å². The molecule has 1 fully saturated rings. The molecule has 2 heterocycles. The van der Waals surface area contributed by atoms with Gasteiger partial charge in [-0.05, 0) is 61.7 Å². The number of nitrogens with one attached hydrogen (secondary N) is 1. The number of carbonyl (C=O) groups is 2. The zero-order chi connectivity index (χ0) is 28.3. The Hall–Kier alpha value is -4.60. The van der Waals surface area contributed by atoms with Crippen molar-refractivity contribution in [2.24, 2.45) is 0 Å². The molecule has 2 atom stereocenters. The second-order valence-electron chi connectivity index (χ2n) is 10.5. The molecule has 0 unspecified atom stereocenters. The van der Waals surface area contributed by atoms with Crippen LogP contribution in [0.3, 0.4) is 0 Å². The van der Waals surface area contributed by atoms with Crippen LogP contribution in [-0.4, -0.2) is 46.8 Å². The van der Waals surface area contributed by atoms with Gasteiger partial charge < -0.3 is 19.5 Å². The molecule has 4 aromatic rings. The minimum Gasteiger partial charge on any atom is -0.497 e. The standard InChI is InChI=1S/C31H33N5O5/c1-20(36-26-11-7-6-10-25(26)33-34-36)31(38)35(23-14-17-27-28(18-23)41-19-40-27)29(21-12-15-24(39-2)16-13-21)30(37)32-22-8-4-3-5-9-22/h6-7,10-18,20,22,29H,3-5,8-9,19H2,1-2H3,(H,32,37)/t20-,29+/m0/s1. The van der Waals surface area contributed by atoms with E-state index in [1.165, 1.54) is 6.42 Å². The zero-order valence-corrected chi connectivity index (χ0v) is 23.2. The minimum absolute atomic E-state index is 0.0578. The number of methoxy groups -OCH3 is 1. The highest BCUT2D eigenvalue weighted by Crippen LogP contribution is 2.39. The third kappa shape index (κ3) is 5.29. The maximum Gasteiger partial charge on any atom is 0.252 e. The molecule has 1 aromatic heterocycles. The molecule has 1 aliphatic carbocycles. The first kappa shape index (κ1) is 26.6. The molecule has 1 saturated carbocycles. The molecule has 0 spiro atoms. The van der Waals surface area contributed by atoms with Crippen molar-refractivity contribution in [3.05, 3.63) is 72.3 Å². The van der Waals surface area contributed by atoms with Gasteiger partial charge in [0.25, 0.3) is 5.91 Å². The van der Waals surface area contributed by atoms with Gasteiger partial charge in [-0.15, -0.1) is 5.10 Å². The van der Waals surface area contributed by atoms with E-state index in [0.717, 1.165) is 31.2 Å². The first-order valence-corrected chi connectivity index (χ1v) is 14.0. The molecule has 0 radical (unpaired) electrons. The molecule has 2 aliphatic rings. The lowest BCUT2D eigenvalue weighted by Gasteiger charge is -2.35. The summed E-state index contributed by atoms with van der Waals surface area (Å²) in [6.07, 6.45) is 5.14. The predicted octanol–water partition coefficient (Wildman–Crippen LogP) is 4.95. The van der Waals surface area contributed by atoms with Crippen LogP contribution in [0.5, 0.6) is 17.2 Å². The number of ether oxygens (including phenoxy) is 3. The highest BCUT2D eigenvalue weighted by Gasteiger charge is 2.38. The van der Waals surface area contributed by atoms with E-state index in [2.05, 4.69) is 15.6 Å². The van der Waals surface area contributed by atoms with Gasteiger partial charge in [-0.3, -0.25) is 14.5 Å². The summed E-state index contributed by atoms with van der Waals surface area (Å²) in [5, 5.41) is 11.8. The number of amides is 2. The molecule has 0 bridgehead atoms. The lowest BCUT2D eigenvalue weighted by molar-refractivity contribution is -0.128. The van der Waals surface area contributed by atoms with Gasteiger partial charge >= 0.3 is 0 Å². The van der Waals surface area contributed by atoms with Gasteiger partial charge in [0.2, 0.25) is 12.7 Å². The monoisotopic (exact) mass is 555 g/mol. The summed E-state index contributed by atoms with van der Waals surface area (Å²) in [6, 6.07) is 18.3. The number of carbonyl (C=O) groups excluding carboxylic acids is 2. The number of benzene rings is 3. The van der Waals surface area contributed by atoms with Gasteiger partial charge in [-0.25, -0.2) is 4.68 Å². The van der Waals surface area contributed by atoms with Crippen molar-refractivity contribution in [2.75, 3.05) is 18.8 Å². The maximum atomic E-state index is 14.6. The number of nitrogens with zero attached hydrogens (tertiary/aromatic N) is 4. The van der Waals surface area contributed by atoms with Crippen LogP contribution in [0.25, 0.3) is 11.0 Å². The van der Waals surface area contributed by atoms with Crippen LogP contribution < -0.4 is 24.4 Å². The Balaban J connectivity index is 1.45. The van der Waals surface area contributed by atoms with Crippen molar-refractivity contribution < 1.29 is 23.8 Å². The SMILES string of the molecule is COc1ccc([C@H](C(=O)NC2CCCCC2)N(C(=O)[C@H](C)n2nnc3ccccc32)c2ccc3c(c2)OCO3)cc1. The molecule has 0 saturated heterocycles. The van der Waals surface area contributed by atoms with E-state index in [1.807, 2.05) is 36.4 Å². The second kappa shape index (κ2) is 11.5. The van der Waals surface area contributed by atoms with Crippen molar-refractivity contribution in [3.63, 3.8) is 0 Å². The Kier molecular flexibility index (Phi) is 7.45. The highest BCUT2D eigenvalue weighted by molar-refractivity contribution is 6.03. The van der Waals surface area contributed by atoms with Gasteiger partial charge in [0.1, 0.15) is 23.3 Å². The van der Waals surface area contributed by atoms with E-state index in [-0.39, 0.29) is 24.6 Å². The predicted molar refractivity (Wildman–Crippen MR) is 153 cm³/mol. The summed E-state index contributed by atoms with van der Waals surface area (Å²) in [5.74, 6) is 1.19. The van der Waals surface area contributed by atoms with E-state index < -0.39 is 12.1 Å². The largest absolute Gasteiger partial charge is 0.497 e. The number of fused-ring (bicyclic) bond motifs is 2. The average Bonchev–Trinajstić information content (AvgIpc) is 3.66. The van der Waals surface area contributed by atoms with Crippen LogP contribution >= 0.6 is 0 Å². The van der Waals surface area contributed by atoms with Crippen LogP contribution in [0.1, 0.15) is 56.7 Å². The van der Waals surface area contributed by atoms with Gasteiger partial charge in [-0.1, -0.05) is 48.7 Å². The summed E-state index contributed by atoms with van der Waals surface area (Å²) in [5.41, 5.74) is 2.58. The molecule has 1 aliphatic heterocycles. The van der Waals surface area contributed by atoms with Crippen molar-refractivity contribution in [3.8, 4) is 17.2 Å². The summed E-state index contributed by atoms with van der Waals surface area (Å²) < 4.78 is 18.1. The van der Waals surface area contributed by atoms with Gasteiger partial charge in [0.05, 0.1) is 12.6 Å². The number of hydrogen-bond acceptors (Lipinski definition) is 7. The molecule has 6 rings (SSSR count). The molecule has 10 heteroatoms. The Bertz CT molecular complexity index is 1550.